The van der Waals surface area contributed by atoms with Gasteiger partial charge in [0.1, 0.15) is 11.9 Å². The maximum Gasteiger partial charge on any atom is 0.242 e. The summed E-state index contributed by atoms with van der Waals surface area (Å²) in [5, 5.41) is 10.2. The molecule has 37 heavy (non-hydrogen) atoms. The van der Waals surface area contributed by atoms with E-state index in [2.05, 4.69) is 4.72 Å². The van der Waals surface area contributed by atoms with Crippen LogP contribution in [0.2, 0.25) is 5.02 Å². The average molecular weight is 574 g/mol. The van der Waals surface area contributed by atoms with Crippen molar-refractivity contribution in [3.63, 3.8) is 0 Å². The zero-order valence-electron chi connectivity index (χ0n) is 21.1. The van der Waals surface area contributed by atoms with Gasteiger partial charge in [-0.15, -0.1) is 0 Å². The normalized spacial score (nSPS) is 19.9. The molecule has 0 saturated carbocycles. The second-order valence-electron chi connectivity index (χ2n) is 9.32. The third-order valence-corrected chi connectivity index (χ3v) is 8.87. The Morgan fingerprint density at radius 1 is 1.19 bits per heavy atom. The van der Waals surface area contributed by atoms with Gasteiger partial charge >= 0.3 is 0 Å². The standard InChI is InChI=1S/C24H32ClN3O7S2/c1-16-13-28(17(2)15-29)24(30)12-18-11-20(26-36(4,31)32)7-10-22(18)35-23(16)14-27(3)37(33,34)21-8-5-19(25)6-9-21/h5-11,16-17,23,26,29H,12-15H2,1-4H3/t16-,17-,23+/m1/s1. The molecule has 0 unspecified atom stereocenters. The highest BCUT2D eigenvalue weighted by molar-refractivity contribution is 7.92. The van der Waals surface area contributed by atoms with E-state index in [9.17, 15) is 26.7 Å². The molecule has 0 radical (unpaired) electrons. The minimum Gasteiger partial charge on any atom is -0.488 e. The number of nitrogens with one attached hydrogen (secondary N) is 1. The van der Waals surface area contributed by atoms with Crippen molar-refractivity contribution in [2.45, 2.75) is 37.3 Å². The molecule has 0 fully saturated rings. The number of amides is 1. The van der Waals surface area contributed by atoms with E-state index in [4.69, 9.17) is 16.3 Å². The summed E-state index contributed by atoms with van der Waals surface area (Å²) < 4.78 is 59.7. The quantitative estimate of drug-likeness (QED) is 0.494. The highest BCUT2D eigenvalue weighted by Crippen LogP contribution is 2.30. The number of benzene rings is 2. The number of nitrogens with zero attached hydrogens (tertiary/aromatic N) is 2. The number of carbonyl (C=O) groups excluding carboxylic acids is 1. The van der Waals surface area contributed by atoms with E-state index >= 15 is 0 Å². The topological polar surface area (TPSA) is 133 Å². The van der Waals surface area contributed by atoms with Gasteiger partial charge in [0.15, 0.2) is 0 Å². The van der Waals surface area contributed by atoms with Crippen LogP contribution in [0.25, 0.3) is 0 Å². The van der Waals surface area contributed by atoms with Crippen molar-refractivity contribution in [3.8, 4) is 5.75 Å². The zero-order chi connectivity index (χ0) is 27.5. The van der Waals surface area contributed by atoms with Gasteiger partial charge in [-0.3, -0.25) is 9.52 Å². The smallest absolute Gasteiger partial charge is 0.242 e. The van der Waals surface area contributed by atoms with E-state index in [1.165, 1.54) is 47.8 Å². The van der Waals surface area contributed by atoms with Crippen LogP contribution in [0.15, 0.2) is 47.4 Å². The van der Waals surface area contributed by atoms with Crippen molar-refractivity contribution in [1.29, 1.82) is 0 Å². The summed E-state index contributed by atoms with van der Waals surface area (Å²) in [6.45, 7) is 3.52. The van der Waals surface area contributed by atoms with Crippen molar-refractivity contribution < 1.29 is 31.5 Å². The molecule has 3 rings (SSSR count). The lowest BCUT2D eigenvalue weighted by Crippen LogP contribution is -2.48. The maximum absolute atomic E-state index is 13.2. The van der Waals surface area contributed by atoms with Gasteiger partial charge in [0.05, 0.1) is 36.8 Å². The predicted octanol–water partition coefficient (Wildman–Crippen LogP) is 2.18. The molecule has 0 aromatic heterocycles. The highest BCUT2D eigenvalue weighted by Gasteiger charge is 2.33. The summed E-state index contributed by atoms with van der Waals surface area (Å²) >= 11 is 5.91. The van der Waals surface area contributed by atoms with Crippen LogP contribution in [0, 0.1) is 5.92 Å². The first kappa shape index (κ1) is 29.2. The van der Waals surface area contributed by atoms with Gasteiger partial charge in [0.25, 0.3) is 0 Å². The largest absolute Gasteiger partial charge is 0.488 e. The van der Waals surface area contributed by atoms with Gasteiger partial charge in [0.2, 0.25) is 26.0 Å². The number of ether oxygens (including phenoxy) is 1. The van der Waals surface area contributed by atoms with Crippen LogP contribution in [0.4, 0.5) is 5.69 Å². The van der Waals surface area contributed by atoms with Gasteiger partial charge in [-0.25, -0.2) is 16.8 Å². The lowest BCUT2D eigenvalue weighted by atomic mass is 10.0. The first-order chi connectivity index (χ1) is 17.2. The van der Waals surface area contributed by atoms with Gasteiger partial charge < -0.3 is 14.7 Å². The summed E-state index contributed by atoms with van der Waals surface area (Å²) in [6, 6.07) is 9.98. The van der Waals surface area contributed by atoms with Gasteiger partial charge in [-0.2, -0.15) is 4.31 Å². The van der Waals surface area contributed by atoms with Crippen LogP contribution >= 0.6 is 11.6 Å². The number of fused-ring (bicyclic) bond motifs is 1. The summed E-state index contributed by atoms with van der Waals surface area (Å²) in [5.41, 5.74) is 0.710. The van der Waals surface area contributed by atoms with Crippen LogP contribution in [-0.2, 0) is 31.3 Å². The van der Waals surface area contributed by atoms with E-state index in [1.54, 1.807) is 17.9 Å². The first-order valence-electron chi connectivity index (χ1n) is 11.6. The number of halogens is 1. The summed E-state index contributed by atoms with van der Waals surface area (Å²) in [7, 11) is -5.96. The molecule has 1 heterocycles. The molecule has 0 saturated heterocycles. The molecule has 13 heteroatoms. The molecule has 3 atom stereocenters. The fourth-order valence-corrected chi connectivity index (χ4v) is 5.93. The monoisotopic (exact) mass is 573 g/mol. The minimum absolute atomic E-state index is 0.0234. The first-order valence-corrected chi connectivity index (χ1v) is 15.3. The molecule has 1 aliphatic rings. The van der Waals surface area contributed by atoms with Crippen molar-refractivity contribution in [2.75, 3.05) is 37.7 Å². The number of sulfonamides is 2. The number of anilines is 1. The molecule has 2 aromatic rings. The molecule has 2 aromatic carbocycles. The third kappa shape index (κ3) is 7.35. The van der Waals surface area contributed by atoms with Crippen LogP contribution < -0.4 is 9.46 Å². The number of hydrogen-bond donors (Lipinski definition) is 2. The number of aliphatic hydroxyl groups is 1. The molecule has 0 bridgehead atoms. The Morgan fingerprint density at radius 2 is 1.84 bits per heavy atom. The minimum atomic E-state index is -3.86. The lowest BCUT2D eigenvalue weighted by molar-refractivity contribution is -0.134. The van der Waals surface area contributed by atoms with E-state index in [0.29, 0.717) is 16.3 Å². The molecule has 1 aliphatic heterocycles. The van der Waals surface area contributed by atoms with Crippen LogP contribution in [-0.4, -0.2) is 82.2 Å². The highest BCUT2D eigenvalue weighted by atomic mass is 35.5. The van der Waals surface area contributed by atoms with Gasteiger partial charge in [-0.1, -0.05) is 18.5 Å². The Bertz CT molecular complexity index is 1330. The molecule has 0 aliphatic carbocycles. The Morgan fingerprint density at radius 3 is 2.43 bits per heavy atom. The van der Waals surface area contributed by atoms with E-state index < -0.39 is 32.2 Å². The Kier molecular flexibility index (Phi) is 9.12. The molecule has 204 valence electrons. The van der Waals surface area contributed by atoms with Gasteiger partial charge in [-0.05, 0) is 49.4 Å². The average Bonchev–Trinajstić information content (AvgIpc) is 2.85. The van der Waals surface area contributed by atoms with Crippen LogP contribution in [0.5, 0.6) is 5.75 Å². The molecule has 2 N–H and O–H groups in total. The van der Waals surface area contributed by atoms with E-state index in [-0.39, 0.29) is 48.5 Å². The zero-order valence-corrected chi connectivity index (χ0v) is 23.5. The summed E-state index contributed by atoms with van der Waals surface area (Å²) in [6.07, 6.45) is 0.270. The SMILES string of the molecule is C[C@@H]1CN([C@H](C)CO)C(=O)Cc2cc(NS(C)(=O)=O)ccc2O[C@H]1CN(C)S(=O)(=O)c1ccc(Cl)cc1. The van der Waals surface area contributed by atoms with Crippen molar-refractivity contribution in [1.82, 2.24) is 9.21 Å². The molecular formula is C24H32ClN3O7S2. The number of rotatable bonds is 8. The number of hydrogen-bond acceptors (Lipinski definition) is 7. The van der Waals surface area contributed by atoms with Gasteiger partial charge in [0, 0.05) is 35.8 Å². The Balaban J connectivity index is 1.99. The molecule has 10 nitrogen and oxygen atoms in total. The predicted molar refractivity (Wildman–Crippen MR) is 142 cm³/mol. The maximum atomic E-state index is 13.2. The number of aliphatic hydroxyl groups excluding tert-OH is 1. The molecule has 1 amide bonds. The van der Waals surface area contributed by atoms with Crippen molar-refractivity contribution >= 4 is 43.2 Å². The summed E-state index contributed by atoms with van der Waals surface area (Å²) in [4.78, 5) is 14.9. The van der Waals surface area contributed by atoms with Crippen LogP contribution in [0.1, 0.15) is 19.4 Å². The Labute approximate surface area is 223 Å². The van der Waals surface area contributed by atoms with E-state index in [1.807, 2.05) is 6.92 Å². The molecular weight excluding hydrogens is 542 g/mol. The molecule has 0 spiro atoms. The fourth-order valence-electron chi connectivity index (χ4n) is 4.06. The van der Waals surface area contributed by atoms with E-state index in [0.717, 1.165) is 6.26 Å². The van der Waals surface area contributed by atoms with Crippen LogP contribution in [0.3, 0.4) is 0 Å². The second-order valence-corrected chi connectivity index (χ2v) is 13.6. The van der Waals surface area contributed by atoms with Crippen molar-refractivity contribution in [3.05, 3.63) is 53.1 Å². The summed E-state index contributed by atoms with van der Waals surface area (Å²) in [5.74, 6) is -0.238. The number of likely N-dealkylation sites (N-methyl/N-ethyl adjacent to an activating group) is 1. The van der Waals surface area contributed by atoms with Crippen molar-refractivity contribution in [2.24, 2.45) is 5.92 Å². The second kappa shape index (κ2) is 11.6. The fraction of sp³-hybridized carbons (Fsp3) is 0.458. The number of carbonyl (C=O) groups is 1. The lowest BCUT2D eigenvalue weighted by Gasteiger charge is -2.33. The third-order valence-electron chi connectivity index (χ3n) is 6.18. The Hall–Kier alpha value is -2.38.